The number of benzene rings is 2. The molecule has 0 bridgehead atoms. The predicted molar refractivity (Wildman–Crippen MR) is 76.1 cm³/mol. The Kier molecular flexibility index (Phi) is 2.57. The fourth-order valence-electron chi connectivity index (χ4n) is 2.25. The van der Waals surface area contributed by atoms with Gasteiger partial charge in [-0.05, 0) is 37.1 Å². The van der Waals surface area contributed by atoms with Crippen LogP contribution in [0.2, 0.25) is 0 Å². The summed E-state index contributed by atoms with van der Waals surface area (Å²) in [7, 11) is 0. The Hall–Kier alpha value is -2.69. The van der Waals surface area contributed by atoms with E-state index in [4.69, 9.17) is 4.42 Å². The lowest BCUT2D eigenvalue weighted by Gasteiger charge is -2.06. The standard InChI is InChI=1S/C15H11NO4/c1-8-3-5-11-14(17)12-7-10(16(18)19)4-6-13(12)20-15(11)9(8)2/h3-7H,1-2H3. The Bertz CT molecular complexity index is 924. The quantitative estimate of drug-likeness (QED) is 0.385. The van der Waals surface area contributed by atoms with Crippen molar-refractivity contribution in [2.24, 2.45) is 0 Å². The molecule has 0 aliphatic rings. The highest BCUT2D eigenvalue weighted by molar-refractivity contribution is 5.92. The van der Waals surface area contributed by atoms with Crippen molar-refractivity contribution in [2.45, 2.75) is 13.8 Å². The molecule has 5 nitrogen and oxygen atoms in total. The highest BCUT2D eigenvalue weighted by atomic mass is 16.6. The molecule has 5 heteroatoms. The number of nitro benzene ring substituents is 1. The van der Waals surface area contributed by atoms with Crippen molar-refractivity contribution in [1.29, 1.82) is 0 Å². The number of rotatable bonds is 1. The van der Waals surface area contributed by atoms with Gasteiger partial charge in [0.2, 0.25) is 5.43 Å². The molecule has 20 heavy (non-hydrogen) atoms. The highest BCUT2D eigenvalue weighted by Gasteiger charge is 2.14. The van der Waals surface area contributed by atoms with Gasteiger partial charge in [-0.3, -0.25) is 14.9 Å². The molecule has 1 aromatic heterocycles. The summed E-state index contributed by atoms with van der Waals surface area (Å²) in [6.45, 7) is 3.83. The van der Waals surface area contributed by atoms with E-state index in [-0.39, 0.29) is 16.5 Å². The lowest BCUT2D eigenvalue weighted by molar-refractivity contribution is -0.384. The van der Waals surface area contributed by atoms with E-state index in [1.165, 1.54) is 18.2 Å². The second kappa shape index (κ2) is 4.16. The Morgan fingerprint density at radius 2 is 1.85 bits per heavy atom. The molecule has 0 radical (unpaired) electrons. The van der Waals surface area contributed by atoms with Gasteiger partial charge in [-0.15, -0.1) is 0 Å². The van der Waals surface area contributed by atoms with Gasteiger partial charge in [0.05, 0.1) is 15.7 Å². The summed E-state index contributed by atoms with van der Waals surface area (Å²) >= 11 is 0. The average Bonchev–Trinajstić information content (AvgIpc) is 2.43. The zero-order chi connectivity index (χ0) is 14.4. The van der Waals surface area contributed by atoms with Crippen LogP contribution >= 0.6 is 0 Å². The Morgan fingerprint density at radius 3 is 2.55 bits per heavy atom. The van der Waals surface area contributed by atoms with Gasteiger partial charge in [-0.1, -0.05) is 6.07 Å². The van der Waals surface area contributed by atoms with Gasteiger partial charge >= 0.3 is 0 Å². The summed E-state index contributed by atoms with van der Waals surface area (Å²) in [5.41, 5.74) is 2.47. The van der Waals surface area contributed by atoms with Crippen molar-refractivity contribution in [1.82, 2.24) is 0 Å². The van der Waals surface area contributed by atoms with Crippen LogP contribution in [0.5, 0.6) is 0 Å². The number of non-ortho nitro benzene ring substituents is 1. The van der Waals surface area contributed by atoms with Gasteiger partial charge < -0.3 is 4.42 Å². The van der Waals surface area contributed by atoms with Crippen LogP contribution in [0.25, 0.3) is 21.9 Å². The predicted octanol–water partition coefficient (Wildman–Crippen LogP) is 3.47. The monoisotopic (exact) mass is 269 g/mol. The number of nitrogens with zero attached hydrogens (tertiary/aromatic N) is 1. The maximum Gasteiger partial charge on any atom is 0.270 e. The van der Waals surface area contributed by atoms with Crippen LogP contribution in [0.1, 0.15) is 11.1 Å². The minimum atomic E-state index is -0.524. The second-order valence-electron chi connectivity index (χ2n) is 4.75. The van der Waals surface area contributed by atoms with Crippen molar-refractivity contribution in [3.05, 3.63) is 61.8 Å². The molecule has 100 valence electrons. The van der Waals surface area contributed by atoms with Gasteiger partial charge in [0.25, 0.3) is 5.69 Å². The zero-order valence-electron chi connectivity index (χ0n) is 11.0. The SMILES string of the molecule is Cc1ccc2c(=O)c3cc([N+](=O)[O-])ccc3oc2c1C. The molecular weight excluding hydrogens is 258 g/mol. The lowest BCUT2D eigenvalue weighted by Crippen LogP contribution is -2.04. The van der Waals surface area contributed by atoms with E-state index in [9.17, 15) is 14.9 Å². The summed E-state index contributed by atoms with van der Waals surface area (Å²) in [4.78, 5) is 22.7. The van der Waals surface area contributed by atoms with Crippen LogP contribution < -0.4 is 5.43 Å². The molecule has 0 atom stereocenters. The van der Waals surface area contributed by atoms with Gasteiger partial charge in [0.15, 0.2) is 0 Å². The molecule has 0 amide bonds. The fourth-order valence-corrected chi connectivity index (χ4v) is 2.25. The number of nitro groups is 1. The molecule has 2 aromatic carbocycles. The summed E-state index contributed by atoms with van der Waals surface area (Å²) in [5, 5.41) is 11.5. The molecule has 0 N–H and O–H groups in total. The number of hydrogen-bond donors (Lipinski definition) is 0. The maximum atomic E-state index is 12.4. The first-order valence-electron chi connectivity index (χ1n) is 6.10. The van der Waals surface area contributed by atoms with Crippen molar-refractivity contribution in [3.8, 4) is 0 Å². The Labute approximate surface area is 113 Å². The highest BCUT2D eigenvalue weighted by Crippen LogP contribution is 2.25. The second-order valence-corrected chi connectivity index (χ2v) is 4.75. The van der Waals surface area contributed by atoms with Crippen LogP contribution in [0.15, 0.2) is 39.5 Å². The van der Waals surface area contributed by atoms with Gasteiger partial charge in [-0.2, -0.15) is 0 Å². The third kappa shape index (κ3) is 1.67. The van der Waals surface area contributed by atoms with E-state index >= 15 is 0 Å². The van der Waals surface area contributed by atoms with E-state index in [1.54, 1.807) is 6.07 Å². The number of aryl methyl sites for hydroxylation is 2. The lowest BCUT2D eigenvalue weighted by atomic mass is 10.0. The number of fused-ring (bicyclic) bond motifs is 2. The van der Waals surface area contributed by atoms with Crippen LogP contribution in [-0.4, -0.2) is 4.92 Å². The molecule has 0 saturated carbocycles. The summed E-state index contributed by atoms with van der Waals surface area (Å²) < 4.78 is 5.75. The van der Waals surface area contributed by atoms with Crippen LogP contribution in [0, 0.1) is 24.0 Å². The minimum absolute atomic E-state index is 0.118. The Morgan fingerprint density at radius 1 is 1.10 bits per heavy atom. The van der Waals surface area contributed by atoms with Crippen LogP contribution in [-0.2, 0) is 0 Å². The van der Waals surface area contributed by atoms with Crippen molar-refractivity contribution in [3.63, 3.8) is 0 Å². The molecule has 0 fully saturated rings. The maximum absolute atomic E-state index is 12.4. The van der Waals surface area contributed by atoms with E-state index < -0.39 is 4.92 Å². The van der Waals surface area contributed by atoms with Gasteiger partial charge in [0, 0.05) is 12.1 Å². The summed E-state index contributed by atoms with van der Waals surface area (Å²) in [6.07, 6.45) is 0. The topological polar surface area (TPSA) is 73.3 Å². The van der Waals surface area contributed by atoms with E-state index in [1.807, 2.05) is 19.9 Å². The molecule has 3 aromatic rings. The molecule has 0 aliphatic carbocycles. The third-order valence-electron chi connectivity index (χ3n) is 3.55. The minimum Gasteiger partial charge on any atom is -0.456 e. The first-order valence-corrected chi connectivity index (χ1v) is 6.10. The van der Waals surface area contributed by atoms with Crippen molar-refractivity contribution < 1.29 is 9.34 Å². The Balaban J connectivity index is 2.51. The zero-order valence-corrected chi connectivity index (χ0v) is 11.0. The summed E-state index contributed by atoms with van der Waals surface area (Å²) in [5.74, 6) is 0. The van der Waals surface area contributed by atoms with E-state index in [0.717, 1.165) is 11.1 Å². The van der Waals surface area contributed by atoms with Crippen molar-refractivity contribution in [2.75, 3.05) is 0 Å². The first kappa shape index (κ1) is 12.3. The molecule has 0 aliphatic heterocycles. The fraction of sp³-hybridized carbons (Fsp3) is 0.133. The van der Waals surface area contributed by atoms with E-state index in [2.05, 4.69) is 0 Å². The van der Waals surface area contributed by atoms with Crippen molar-refractivity contribution >= 4 is 27.6 Å². The summed E-state index contributed by atoms with van der Waals surface area (Å²) in [6, 6.07) is 7.60. The smallest absolute Gasteiger partial charge is 0.270 e. The van der Waals surface area contributed by atoms with Crippen LogP contribution in [0.4, 0.5) is 5.69 Å². The van der Waals surface area contributed by atoms with Gasteiger partial charge in [-0.25, -0.2) is 0 Å². The molecule has 0 saturated heterocycles. The van der Waals surface area contributed by atoms with Crippen LogP contribution in [0.3, 0.4) is 0 Å². The molecule has 1 heterocycles. The number of hydrogen-bond acceptors (Lipinski definition) is 4. The molecule has 3 rings (SSSR count). The van der Waals surface area contributed by atoms with Gasteiger partial charge in [0.1, 0.15) is 11.2 Å². The third-order valence-corrected chi connectivity index (χ3v) is 3.55. The average molecular weight is 269 g/mol. The van der Waals surface area contributed by atoms with E-state index in [0.29, 0.717) is 16.6 Å². The molecule has 0 unspecified atom stereocenters. The molecular formula is C15H11NO4. The normalized spacial score (nSPS) is 11.1. The molecule has 0 spiro atoms. The largest absolute Gasteiger partial charge is 0.456 e. The first-order chi connectivity index (χ1) is 9.49.